The van der Waals surface area contributed by atoms with Gasteiger partial charge in [0.15, 0.2) is 5.78 Å². The Labute approximate surface area is 139 Å². The summed E-state index contributed by atoms with van der Waals surface area (Å²) in [5, 5.41) is 19.7. The van der Waals surface area contributed by atoms with E-state index in [1.165, 1.54) is 12.1 Å². The van der Waals surface area contributed by atoms with E-state index in [2.05, 4.69) is 0 Å². The zero-order valence-electron chi connectivity index (χ0n) is 13.1. The van der Waals surface area contributed by atoms with Crippen LogP contribution in [0.1, 0.15) is 29.3 Å². The van der Waals surface area contributed by atoms with Crippen LogP contribution in [-0.4, -0.2) is 40.3 Å². The Hall–Kier alpha value is -2.60. The monoisotopic (exact) mass is 330 g/mol. The fourth-order valence-corrected chi connectivity index (χ4v) is 2.76. The Balaban J connectivity index is 1.96. The molecule has 1 aromatic carbocycles. The number of carbonyl (C=O) groups is 2. The molecule has 3 atom stereocenters. The maximum Gasteiger partial charge on any atom is 0.342 e. The van der Waals surface area contributed by atoms with Gasteiger partial charge in [-0.05, 0) is 24.6 Å². The van der Waals surface area contributed by atoms with Crippen molar-refractivity contribution < 1.29 is 29.3 Å². The molecular formula is C18H18O6. The predicted octanol–water partition coefficient (Wildman–Crippen LogP) is 2.04. The second-order valence-corrected chi connectivity index (χ2v) is 5.98. The number of epoxide rings is 1. The number of phenols is 2. The lowest BCUT2D eigenvalue weighted by Gasteiger charge is -2.15. The molecule has 0 amide bonds. The highest BCUT2D eigenvalue weighted by atomic mass is 16.6. The molecule has 0 unspecified atom stereocenters. The number of phenolic OH excluding ortho intramolecular Hbond substituents is 2. The summed E-state index contributed by atoms with van der Waals surface area (Å²) in [4.78, 5) is 24.4. The van der Waals surface area contributed by atoms with Gasteiger partial charge in [0.25, 0.3) is 0 Å². The molecule has 1 aromatic rings. The van der Waals surface area contributed by atoms with Crippen LogP contribution in [0.5, 0.6) is 11.5 Å². The van der Waals surface area contributed by atoms with Gasteiger partial charge in [-0.2, -0.15) is 0 Å². The van der Waals surface area contributed by atoms with Crippen LogP contribution < -0.4 is 0 Å². The molecule has 2 aliphatic rings. The molecule has 0 bridgehead atoms. The summed E-state index contributed by atoms with van der Waals surface area (Å²) in [7, 11) is 0. The maximum atomic E-state index is 12.4. The maximum absolute atomic E-state index is 12.4. The summed E-state index contributed by atoms with van der Waals surface area (Å²) >= 11 is 0. The lowest BCUT2D eigenvalue weighted by molar-refractivity contribution is -0.114. The number of hydrogen-bond donors (Lipinski definition) is 2. The number of rotatable bonds is 0. The van der Waals surface area contributed by atoms with Gasteiger partial charge < -0.3 is 19.7 Å². The molecule has 0 aliphatic carbocycles. The van der Waals surface area contributed by atoms with Crippen LogP contribution in [0.2, 0.25) is 0 Å². The minimum Gasteiger partial charge on any atom is -0.508 e. The lowest BCUT2D eigenvalue weighted by atomic mass is 10.00. The van der Waals surface area contributed by atoms with Crippen molar-refractivity contribution in [2.75, 3.05) is 0 Å². The van der Waals surface area contributed by atoms with Crippen molar-refractivity contribution in [1.82, 2.24) is 0 Å². The van der Waals surface area contributed by atoms with Crippen molar-refractivity contribution in [2.45, 2.75) is 38.1 Å². The molecule has 1 fully saturated rings. The second-order valence-electron chi connectivity index (χ2n) is 5.98. The number of ketones is 1. The summed E-state index contributed by atoms with van der Waals surface area (Å²) in [6.45, 7) is 1.74. The molecule has 24 heavy (non-hydrogen) atoms. The van der Waals surface area contributed by atoms with Gasteiger partial charge in [0.05, 0.1) is 6.10 Å². The van der Waals surface area contributed by atoms with Crippen molar-refractivity contribution in [3.8, 4) is 11.5 Å². The van der Waals surface area contributed by atoms with E-state index in [0.717, 1.165) is 6.07 Å². The molecule has 0 saturated carbocycles. The van der Waals surface area contributed by atoms with E-state index in [4.69, 9.17) is 9.47 Å². The Morgan fingerprint density at radius 3 is 2.75 bits per heavy atom. The van der Waals surface area contributed by atoms with E-state index in [0.29, 0.717) is 6.42 Å². The summed E-state index contributed by atoms with van der Waals surface area (Å²) in [5.74, 6) is -1.63. The molecule has 2 aliphatic heterocycles. The smallest absolute Gasteiger partial charge is 0.342 e. The van der Waals surface area contributed by atoms with Gasteiger partial charge in [0.2, 0.25) is 0 Å². The fraction of sp³-hybridized carbons (Fsp3) is 0.333. The Bertz CT molecular complexity index is 733. The van der Waals surface area contributed by atoms with Crippen molar-refractivity contribution >= 4 is 11.8 Å². The Morgan fingerprint density at radius 2 is 1.96 bits per heavy atom. The van der Waals surface area contributed by atoms with E-state index in [9.17, 15) is 19.8 Å². The zero-order chi connectivity index (χ0) is 17.3. The SMILES string of the molecule is C[C@@H]1C[C@@H]2O[C@H]2/C=C\C=C\C(=O)Cc2cc(O)cc(O)c2C(=O)O1. The molecule has 3 rings (SSSR count). The van der Waals surface area contributed by atoms with Gasteiger partial charge in [-0.15, -0.1) is 0 Å². The molecule has 0 aromatic heterocycles. The van der Waals surface area contributed by atoms with Gasteiger partial charge in [-0.3, -0.25) is 4.79 Å². The van der Waals surface area contributed by atoms with Gasteiger partial charge >= 0.3 is 5.97 Å². The summed E-state index contributed by atoms with van der Waals surface area (Å²) in [6, 6.07) is 2.34. The molecule has 6 nitrogen and oxygen atoms in total. The Kier molecular flexibility index (Phi) is 4.40. The third-order valence-corrected chi connectivity index (χ3v) is 3.94. The molecule has 2 heterocycles. The van der Waals surface area contributed by atoms with E-state index in [1.54, 1.807) is 19.1 Å². The minimum atomic E-state index is -0.725. The van der Waals surface area contributed by atoms with Crippen LogP contribution in [0, 0.1) is 0 Å². The predicted molar refractivity (Wildman–Crippen MR) is 84.9 cm³/mol. The number of ether oxygens (including phenoxy) is 2. The van der Waals surface area contributed by atoms with Crippen molar-refractivity contribution in [3.05, 3.63) is 47.6 Å². The van der Waals surface area contributed by atoms with Crippen molar-refractivity contribution in [1.29, 1.82) is 0 Å². The quantitative estimate of drug-likeness (QED) is 0.558. The van der Waals surface area contributed by atoms with Crippen LogP contribution >= 0.6 is 0 Å². The molecule has 126 valence electrons. The first kappa shape index (κ1) is 16.3. The van der Waals surface area contributed by atoms with Crippen LogP contribution in [0.3, 0.4) is 0 Å². The highest BCUT2D eigenvalue weighted by Crippen LogP contribution is 2.31. The van der Waals surface area contributed by atoms with E-state index < -0.39 is 17.8 Å². The average Bonchev–Trinajstić information content (AvgIpc) is 3.19. The average molecular weight is 330 g/mol. The highest BCUT2D eigenvalue weighted by molar-refractivity contribution is 5.98. The van der Waals surface area contributed by atoms with Gasteiger partial charge in [-0.25, -0.2) is 4.79 Å². The molecule has 2 N–H and O–H groups in total. The number of allylic oxidation sites excluding steroid dienone is 3. The van der Waals surface area contributed by atoms with Gasteiger partial charge in [-0.1, -0.05) is 18.2 Å². The lowest BCUT2D eigenvalue weighted by Crippen LogP contribution is -2.19. The third-order valence-electron chi connectivity index (χ3n) is 3.94. The number of aromatic hydroxyl groups is 2. The fourth-order valence-electron chi connectivity index (χ4n) is 2.76. The summed E-state index contributed by atoms with van der Waals surface area (Å²) < 4.78 is 10.8. The van der Waals surface area contributed by atoms with Crippen LogP contribution in [0.15, 0.2) is 36.4 Å². The van der Waals surface area contributed by atoms with Crippen LogP contribution in [0.4, 0.5) is 0 Å². The van der Waals surface area contributed by atoms with E-state index in [1.807, 2.05) is 6.08 Å². The number of cyclic esters (lactones) is 1. The normalized spacial score (nSPS) is 29.6. The molecular weight excluding hydrogens is 312 g/mol. The van der Waals surface area contributed by atoms with Gasteiger partial charge in [0.1, 0.15) is 29.3 Å². The first-order chi connectivity index (χ1) is 11.4. The molecule has 1 saturated heterocycles. The summed E-state index contributed by atoms with van der Waals surface area (Å²) in [6.07, 6.45) is 6.51. The number of hydrogen-bond acceptors (Lipinski definition) is 6. The van der Waals surface area contributed by atoms with E-state index >= 15 is 0 Å². The Morgan fingerprint density at radius 1 is 1.17 bits per heavy atom. The summed E-state index contributed by atoms with van der Waals surface area (Å²) in [5.41, 5.74) is 0.128. The van der Waals surface area contributed by atoms with Crippen LogP contribution in [-0.2, 0) is 20.7 Å². The van der Waals surface area contributed by atoms with E-state index in [-0.39, 0.29) is 41.3 Å². The number of benzene rings is 1. The highest BCUT2D eigenvalue weighted by Gasteiger charge is 2.38. The van der Waals surface area contributed by atoms with Gasteiger partial charge in [0, 0.05) is 18.9 Å². The zero-order valence-corrected chi connectivity index (χ0v) is 13.1. The molecule has 6 heteroatoms. The first-order valence-corrected chi connectivity index (χ1v) is 7.73. The standard InChI is InChI=1S/C18H18O6/c1-10-6-16-15(24-16)5-3-2-4-12(19)7-11-8-13(20)9-14(21)17(11)18(22)23-10/h2-5,8-10,15-16,20-21H,6-7H2,1H3/b4-2+,5-3-/t10-,15+,16+/m1/s1. The topological polar surface area (TPSA) is 96.4 Å². The number of carbonyl (C=O) groups excluding carboxylic acids is 2. The molecule has 0 radical (unpaired) electrons. The van der Waals surface area contributed by atoms with Crippen molar-refractivity contribution in [2.24, 2.45) is 0 Å². The first-order valence-electron chi connectivity index (χ1n) is 7.73. The third kappa shape index (κ3) is 3.65. The number of esters is 1. The molecule has 0 spiro atoms. The minimum absolute atomic E-state index is 0.0241. The number of fused-ring (bicyclic) bond motifs is 2. The van der Waals surface area contributed by atoms with Crippen LogP contribution in [0.25, 0.3) is 0 Å². The largest absolute Gasteiger partial charge is 0.508 e. The second kappa shape index (κ2) is 6.49. The van der Waals surface area contributed by atoms with Crippen molar-refractivity contribution in [3.63, 3.8) is 0 Å².